The number of carbonyl (C=O) groups is 1. The van der Waals surface area contributed by atoms with Gasteiger partial charge in [-0.05, 0) is 23.8 Å². The minimum Gasteiger partial charge on any atom is -0.447 e. The average molecular weight is 425 g/mol. The Bertz CT molecular complexity index is 1440. The first-order valence-corrected chi connectivity index (χ1v) is 10.2. The number of cyclic esters (lactones) is 1. The van der Waals surface area contributed by atoms with E-state index in [4.69, 9.17) is 10.5 Å². The SMILES string of the molecule is Nc1nc2cc(-c3cc[nH]n3)ccc2c2[nH]c(CN3C(=O)OCC3c3ccccc3)nc12. The van der Waals surface area contributed by atoms with Crippen molar-refractivity contribution in [3.63, 3.8) is 0 Å². The van der Waals surface area contributed by atoms with Crippen LogP contribution < -0.4 is 5.73 Å². The fourth-order valence-corrected chi connectivity index (χ4v) is 4.21. The molecule has 1 fully saturated rings. The van der Waals surface area contributed by atoms with Crippen molar-refractivity contribution in [3.8, 4) is 11.3 Å². The van der Waals surface area contributed by atoms with Crippen molar-refractivity contribution in [2.24, 2.45) is 0 Å². The van der Waals surface area contributed by atoms with Gasteiger partial charge in [0.1, 0.15) is 17.9 Å². The van der Waals surface area contributed by atoms with Crippen LogP contribution in [0.5, 0.6) is 0 Å². The molecule has 0 bridgehead atoms. The predicted molar refractivity (Wildman–Crippen MR) is 119 cm³/mol. The third-order valence-electron chi connectivity index (χ3n) is 5.78. The van der Waals surface area contributed by atoms with E-state index in [0.29, 0.717) is 23.8 Å². The summed E-state index contributed by atoms with van der Waals surface area (Å²) in [5, 5.41) is 7.94. The van der Waals surface area contributed by atoms with E-state index in [1.54, 1.807) is 11.1 Å². The Hall–Kier alpha value is -4.40. The normalized spacial score (nSPS) is 16.2. The van der Waals surface area contributed by atoms with E-state index in [0.717, 1.165) is 33.2 Å². The highest BCUT2D eigenvalue weighted by molar-refractivity contribution is 6.07. The molecule has 1 unspecified atom stereocenters. The van der Waals surface area contributed by atoms with Crippen LogP contribution in [0.1, 0.15) is 17.4 Å². The van der Waals surface area contributed by atoms with Crippen molar-refractivity contribution in [2.45, 2.75) is 12.6 Å². The lowest BCUT2D eigenvalue weighted by Gasteiger charge is -2.20. The van der Waals surface area contributed by atoms with Crippen LogP contribution >= 0.6 is 0 Å². The molecule has 0 spiro atoms. The van der Waals surface area contributed by atoms with Gasteiger partial charge in [0.2, 0.25) is 0 Å². The second-order valence-corrected chi connectivity index (χ2v) is 7.73. The van der Waals surface area contributed by atoms with E-state index in [9.17, 15) is 4.79 Å². The standard InChI is InChI=1S/C23H19N7O2/c24-22-21-20(15-7-6-14(10-17(15)26-22)16-8-9-25-29-16)27-19(28-21)11-30-18(12-32-23(30)31)13-4-2-1-3-5-13/h1-10,18H,11-12H2,(H2,24,26)(H,25,29)(H,27,28). The first-order valence-electron chi connectivity index (χ1n) is 10.2. The summed E-state index contributed by atoms with van der Waals surface area (Å²) in [7, 11) is 0. The zero-order chi connectivity index (χ0) is 21.7. The number of hydrogen-bond acceptors (Lipinski definition) is 6. The number of nitrogens with two attached hydrogens (primary N) is 1. The third-order valence-corrected chi connectivity index (χ3v) is 5.78. The van der Waals surface area contributed by atoms with Crippen molar-refractivity contribution in [2.75, 3.05) is 12.3 Å². The van der Waals surface area contributed by atoms with Crippen LogP contribution in [-0.4, -0.2) is 42.7 Å². The van der Waals surface area contributed by atoms with E-state index in [1.807, 2.05) is 54.6 Å². The maximum atomic E-state index is 12.4. The molecule has 158 valence electrons. The summed E-state index contributed by atoms with van der Waals surface area (Å²) in [6, 6.07) is 17.5. The van der Waals surface area contributed by atoms with Crippen LogP contribution in [0.2, 0.25) is 0 Å². The molecule has 4 heterocycles. The van der Waals surface area contributed by atoms with Crippen molar-refractivity contribution in [3.05, 3.63) is 72.2 Å². The summed E-state index contributed by atoms with van der Waals surface area (Å²) in [5.41, 5.74) is 11.2. The number of nitrogens with one attached hydrogen (secondary N) is 2. The molecule has 9 heteroatoms. The lowest BCUT2D eigenvalue weighted by molar-refractivity contribution is 0.155. The molecular weight excluding hydrogens is 406 g/mol. The largest absolute Gasteiger partial charge is 0.447 e. The van der Waals surface area contributed by atoms with Crippen molar-refractivity contribution >= 4 is 33.8 Å². The Morgan fingerprint density at radius 1 is 1.12 bits per heavy atom. The van der Waals surface area contributed by atoms with Crippen LogP contribution in [0.4, 0.5) is 10.6 Å². The quantitative estimate of drug-likeness (QED) is 0.402. The highest BCUT2D eigenvalue weighted by Crippen LogP contribution is 2.32. The molecule has 0 saturated carbocycles. The molecule has 1 amide bonds. The van der Waals surface area contributed by atoms with E-state index in [2.05, 4.69) is 25.1 Å². The zero-order valence-corrected chi connectivity index (χ0v) is 16.9. The number of nitrogens with zero attached hydrogens (tertiary/aromatic N) is 4. The fraction of sp³-hybridized carbons (Fsp3) is 0.130. The van der Waals surface area contributed by atoms with Crippen LogP contribution in [0.15, 0.2) is 60.8 Å². The van der Waals surface area contributed by atoms with Crippen molar-refractivity contribution in [1.82, 2.24) is 30.0 Å². The molecule has 1 atom stereocenters. The van der Waals surface area contributed by atoms with Gasteiger partial charge in [0, 0.05) is 17.1 Å². The molecule has 1 saturated heterocycles. The smallest absolute Gasteiger partial charge is 0.410 e. The Morgan fingerprint density at radius 2 is 2.00 bits per heavy atom. The van der Waals surface area contributed by atoms with Gasteiger partial charge in [-0.2, -0.15) is 5.10 Å². The molecule has 4 N–H and O–H groups in total. The number of amides is 1. The van der Waals surface area contributed by atoms with Crippen LogP contribution in [0, 0.1) is 0 Å². The van der Waals surface area contributed by atoms with Crippen LogP contribution in [0.25, 0.3) is 33.2 Å². The number of carbonyl (C=O) groups excluding carboxylic acids is 1. The van der Waals surface area contributed by atoms with Crippen LogP contribution in [-0.2, 0) is 11.3 Å². The first kappa shape index (κ1) is 18.4. The maximum absolute atomic E-state index is 12.4. The average Bonchev–Trinajstić information content (AvgIpc) is 3.56. The molecule has 3 aromatic heterocycles. The highest BCUT2D eigenvalue weighted by atomic mass is 16.6. The third kappa shape index (κ3) is 2.94. The molecule has 0 radical (unpaired) electrons. The number of H-pyrrole nitrogens is 2. The number of aromatic nitrogens is 5. The number of rotatable bonds is 4. The zero-order valence-electron chi connectivity index (χ0n) is 16.9. The van der Waals surface area contributed by atoms with E-state index in [-0.39, 0.29) is 18.7 Å². The Labute approximate surface area is 182 Å². The summed E-state index contributed by atoms with van der Waals surface area (Å²) in [4.78, 5) is 26.6. The van der Waals surface area contributed by atoms with Gasteiger partial charge in [-0.25, -0.2) is 14.8 Å². The number of anilines is 1. The van der Waals surface area contributed by atoms with Gasteiger partial charge in [-0.3, -0.25) is 10.00 Å². The molecule has 32 heavy (non-hydrogen) atoms. The minimum atomic E-state index is -0.362. The number of benzene rings is 2. The lowest BCUT2D eigenvalue weighted by Crippen LogP contribution is -2.27. The number of aromatic amines is 2. The van der Waals surface area contributed by atoms with Gasteiger partial charge < -0.3 is 15.5 Å². The predicted octanol–water partition coefficient (Wildman–Crippen LogP) is 3.78. The highest BCUT2D eigenvalue weighted by Gasteiger charge is 2.34. The summed E-state index contributed by atoms with van der Waals surface area (Å²) >= 11 is 0. The van der Waals surface area contributed by atoms with Gasteiger partial charge in [-0.1, -0.05) is 36.4 Å². The Morgan fingerprint density at radius 3 is 2.81 bits per heavy atom. The molecule has 1 aliphatic rings. The summed E-state index contributed by atoms with van der Waals surface area (Å²) in [5.74, 6) is 0.954. The summed E-state index contributed by atoms with van der Waals surface area (Å²) < 4.78 is 5.32. The molecule has 0 aliphatic carbocycles. The number of hydrogen-bond donors (Lipinski definition) is 3. The number of pyridine rings is 1. The van der Waals surface area contributed by atoms with Gasteiger partial charge in [0.15, 0.2) is 5.82 Å². The summed E-state index contributed by atoms with van der Waals surface area (Å²) in [6.45, 7) is 0.588. The molecule has 2 aromatic carbocycles. The first-order chi connectivity index (χ1) is 15.7. The van der Waals surface area contributed by atoms with E-state index in [1.165, 1.54) is 0 Å². The molecular formula is C23H19N7O2. The minimum absolute atomic E-state index is 0.166. The monoisotopic (exact) mass is 425 g/mol. The number of imidazole rings is 1. The second-order valence-electron chi connectivity index (χ2n) is 7.73. The van der Waals surface area contributed by atoms with Gasteiger partial charge in [-0.15, -0.1) is 0 Å². The second kappa shape index (κ2) is 7.09. The molecule has 6 rings (SSSR count). The van der Waals surface area contributed by atoms with E-state index < -0.39 is 0 Å². The number of fused-ring (bicyclic) bond motifs is 3. The number of ether oxygens (including phenoxy) is 1. The molecule has 9 nitrogen and oxygen atoms in total. The van der Waals surface area contributed by atoms with Crippen molar-refractivity contribution in [1.29, 1.82) is 0 Å². The lowest BCUT2D eigenvalue weighted by atomic mass is 10.1. The maximum Gasteiger partial charge on any atom is 0.410 e. The topological polar surface area (TPSA) is 126 Å². The van der Waals surface area contributed by atoms with Crippen LogP contribution in [0.3, 0.4) is 0 Å². The van der Waals surface area contributed by atoms with Gasteiger partial charge >= 0.3 is 6.09 Å². The molecule has 5 aromatic rings. The molecule has 1 aliphatic heterocycles. The Kier molecular flexibility index (Phi) is 4.07. The summed E-state index contributed by atoms with van der Waals surface area (Å²) in [6.07, 6.45) is 1.41. The van der Waals surface area contributed by atoms with Gasteiger partial charge in [0.05, 0.1) is 29.3 Å². The van der Waals surface area contributed by atoms with Crippen molar-refractivity contribution < 1.29 is 9.53 Å². The fourth-order valence-electron chi connectivity index (χ4n) is 4.21. The van der Waals surface area contributed by atoms with Gasteiger partial charge in [0.25, 0.3) is 0 Å². The Balaban J connectivity index is 1.39. The van der Waals surface area contributed by atoms with E-state index >= 15 is 0 Å². The number of nitrogen functional groups attached to an aromatic ring is 1.